The van der Waals surface area contributed by atoms with E-state index in [0.29, 0.717) is 13.1 Å². The second-order valence-corrected chi connectivity index (χ2v) is 4.67. The highest BCUT2D eigenvalue weighted by atomic mass is 16.1. The molecule has 0 atom stereocenters. The van der Waals surface area contributed by atoms with Crippen LogP contribution < -0.4 is 5.32 Å². The quantitative estimate of drug-likeness (QED) is 0.834. The summed E-state index contributed by atoms with van der Waals surface area (Å²) < 4.78 is 0. The predicted octanol–water partition coefficient (Wildman–Crippen LogP) is 2.67. The molecule has 98 valence electrons. The van der Waals surface area contributed by atoms with E-state index >= 15 is 0 Å². The maximum absolute atomic E-state index is 12.1. The minimum absolute atomic E-state index is 0.122. The number of hydrogen-bond donors (Lipinski definition) is 1. The van der Waals surface area contributed by atoms with Crippen LogP contribution in [0, 0.1) is 13.8 Å². The zero-order valence-corrected chi connectivity index (χ0v) is 11.3. The van der Waals surface area contributed by atoms with Gasteiger partial charge in [0.1, 0.15) is 0 Å². The van der Waals surface area contributed by atoms with Crippen molar-refractivity contribution in [1.29, 1.82) is 0 Å². The van der Waals surface area contributed by atoms with Gasteiger partial charge in [-0.25, -0.2) is 0 Å². The summed E-state index contributed by atoms with van der Waals surface area (Å²) in [6.07, 6.45) is 1.75. The third-order valence-electron chi connectivity index (χ3n) is 3.01. The Labute approximate surface area is 113 Å². The Morgan fingerprint density at radius 3 is 2.79 bits per heavy atom. The molecule has 0 unspecified atom stereocenters. The average molecular weight is 254 g/mol. The SMILES string of the molecule is Cc1ccc(C)c(C(=O)CNCc2ccccn2)c1. The molecular weight excluding hydrogens is 236 g/mol. The molecule has 3 nitrogen and oxygen atoms in total. The Morgan fingerprint density at radius 1 is 1.21 bits per heavy atom. The molecule has 0 aliphatic carbocycles. The lowest BCUT2D eigenvalue weighted by atomic mass is 10.0. The fourth-order valence-corrected chi connectivity index (χ4v) is 1.94. The second kappa shape index (κ2) is 6.25. The molecule has 0 saturated heterocycles. The van der Waals surface area contributed by atoms with E-state index in [1.807, 2.05) is 50.2 Å². The minimum atomic E-state index is 0.122. The number of nitrogens with zero attached hydrogens (tertiary/aromatic N) is 1. The highest BCUT2D eigenvalue weighted by Gasteiger charge is 2.08. The largest absolute Gasteiger partial charge is 0.304 e. The Hall–Kier alpha value is -2.00. The van der Waals surface area contributed by atoms with Gasteiger partial charge in [-0.1, -0.05) is 23.8 Å². The summed E-state index contributed by atoms with van der Waals surface area (Å²) in [5.74, 6) is 0.122. The molecule has 0 spiro atoms. The summed E-state index contributed by atoms with van der Waals surface area (Å²) in [5.41, 5.74) is 3.87. The van der Waals surface area contributed by atoms with Gasteiger partial charge in [0.05, 0.1) is 12.2 Å². The zero-order chi connectivity index (χ0) is 13.7. The molecule has 0 fully saturated rings. The molecule has 1 N–H and O–H groups in total. The number of nitrogens with one attached hydrogen (secondary N) is 1. The molecular formula is C16H18N2O. The molecule has 0 amide bonds. The van der Waals surface area contributed by atoms with Crippen LogP contribution in [0.1, 0.15) is 27.2 Å². The van der Waals surface area contributed by atoms with Crippen LogP contribution in [0.25, 0.3) is 0 Å². The number of pyridine rings is 1. The van der Waals surface area contributed by atoms with E-state index in [-0.39, 0.29) is 5.78 Å². The Morgan fingerprint density at radius 2 is 2.05 bits per heavy atom. The number of carbonyl (C=O) groups is 1. The van der Waals surface area contributed by atoms with Crippen molar-refractivity contribution in [3.63, 3.8) is 0 Å². The van der Waals surface area contributed by atoms with Gasteiger partial charge in [-0.2, -0.15) is 0 Å². The van der Waals surface area contributed by atoms with Crippen LogP contribution in [0.2, 0.25) is 0 Å². The molecule has 0 saturated carbocycles. The molecule has 0 bridgehead atoms. The predicted molar refractivity (Wildman–Crippen MR) is 76.2 cm³/mol. The second-order valence-electron chi connectivity index (χ2n) is 4.67. The first-order valence-electron chi connectivity index (χ1n) is 6.38. The maximum Gasteiger partial charge on any atom is 0.176 e. The molecule has 1 aromatic heterocycles. The average Bonchev–Trinajstić information content (AvgIpc) is 2.42. The van der Waals surface area contributed by atoms with Crippen molar-refractivity contribution >= 4 is 5.78 Å². The number of ketones is 1. The van der Waals surface area contributed by atoms with Crippen molar-refractivity contribution in [3.8, 4) is 0 Å². The van der Waals surface area contributed by atoms with Gasteiger partial charge in [-0.15, -0.1) is 0 Å². The Balaban J connectivity index is 1.93. The number of aryl methyl sites for hydroxylation is 2. The topological polar surface area (TPSA) is 42.0 Å². The van der Waals surface area contributed by atoms with Gasteiger partial charge in [0.25, 0.3) is 0 Å². The van der Waals surface area contributed by atoms with Gasteiger partial charge in [-0.05, 0) is 37.6 Å². The molecule has 2 rings (SSSR count). The van der Waals surface area contributed by atoms with Gasteiger partial charge in [0.15, 0.2) is 5.78 Å². The van der Waals surface area contributed by atoms with Crippen molar-refractivity contribution in [2.75, 3.05) is 6.54 Å². The number of carbonyl (C=O) groups excluding carboxylic acids is 1. The molecule has 2 aromatic rings. The van der Waals surface area contributed by atoms with E-state index in [4.69, 9.17) is 0 Å². The van der Waals surface area contributed by atoms with Crippen LogP contribution in [0.15, 0.2) is 42.6 Å². The van der Waals surface area contributed by atoms with Gasteiger partial charge in [0, 0.05) is 18.3 Å². The molecule has 0 aliphatic rings. The highest BCUT2D eigenvalue weighted by Crippen LogP contribution is 2.11. The van der Waals surface area contributed by atoms with E-state index in [2.05, 4.69) is 10.3 Å². The maximum atomic E-state index is 12.1. The Bertz CT molecular complexity index is 564. The number of Topliss-reactive ketones (excluding diaryl/α,β-unsaturated/α-hetero) is 1. The van der Waals surface area contributed by atoms with Crippen molar-refractivity contribution < 1.29 is 4.79 Å². The summed E-state index contributed by atoms with van der Waals surface area (Å²) in [5, 5.41) is 3.13. The van der Waals surface area contributed by atoms with Crippen molar-refractivity contribution in [2.24, 2.45) is 0 Å². The minimum Gasteiger partial charge on any atom is -0.304 e. The molecule has 1 heterocycles. The fourth-order valence-electron chi connectivity index (χ4n) is 1.94. The molecule has 3 heteroatoms. The van der Waals surface area contributed by atoms with E-state index in [9.17, 15) is 4.79 Å². The van der Waals surface area contributed by atoms with Crippen molar-refractivity contribution in [1.82, 2.24) is 10.3 Å². The number of rotatable bonds is 5. The summed E-state index contributed by atoms with van der Waals surface area (Å²) in [6, 6.07) is 11.7. The third-order valence-corrected chi connectivity index (χ3v) is 3.01. The summed E-state index contributed by atoms with van der Waals surface area (Å²) in [7, 11) is 0. The monoisotopic (exact) mass is 254 g/mol. The first-order valence-corrected chi connectivity index (χ1v) is 6.38. The number of aromatic nitrogens is 1. The number of hydrogen-bond acceptors (Lipinski definition) is 3. The lowest BCUT2D eigenvalue weighted by Gasteiger charge is -2.07. The van der Waals surface area contributed by atoms with Crippen LogP contribution in [0.4, 0.5) is 0 Å². The van der Waals surface area contributed by atoms with Crippen molar-refractivity contribution in [2.45, 2.75) is 20.4 Å². The van der Waals surface area contributed by atoms with Gasteiger partial charge in [0.2, 0.25) is 0 Å². The smallest absolute Gasteiger partial charge is 0.176 e. The van der Waals surface area contributed by atoms with Crippen LogP contribution in [0.3, 0.4) is 0 Å². The normalized spacial score (nSPS) is 10.4. The molecule has 0 radical (unpaired) electrons. The van der Waals surface area contributed by atoms with Crippen LogP contribution in [-0.4, -0.2) is 17.3 Å². The van der Waals surface area contributed by atoms with E-state index in [0.717, 1.165) is 22.4 Å². The van der Waals surface area contributed by atoms with Crippen LogP contribution in [0.5, 0.6) is 0 Å². The van der Waals surface area contributed by atoms with Gasteiger partial charge >= 0.3 is 0 Å². The molecule has 0 aliphatic heterocycles. The summed E-state index contributed by atoms with van der Waals surface area (Å²) >= 11 is 0. The summed E-state index contributed by atoms with van der Waals surface area (Å²) in [6.45, 7) is 4.90. The standard InChI is InChI=1S/C16H18N2O/c1-12-6-7-13(2)15(9-12)16(19)11-17-10-14-5-3-4-8-18-14/h3-9,17H,10-11H2,1-2H3. The zero-order valence-electron chi connectivity index (χ0n) is 11.3. The lowest BCUT2D eigenvalue weighted by molar-refractivity contribution is 0.0990. The fraction of sp³-hybridized carbons (Fsp3) is 0.250. The van der Waals surface area contributed by atoms with Crippen LogP contribution in [-0.2, 0) is 6.54 Å². The van der Waals surface area contributed by atoms with Gasteiger partial charge in [-0.3, -0.25) is 9.78 Å². The Kier molecular flexibility index (Phi) is 4.42. The van der Waals surface area contributed by atoms with E-state index < -0.39 is 0 Å². The first kappa shape index (κ1) is 13.4. The van der Waals surface area contributed by atoms with E-state index in [1.165, 1.54) is 0 Å². The third kappa shape index (κ3) is 3.73. The van der Waals surface area contributed by atoms with E-state index in [1.54, 1.807) is 6.20 Å². The number of benzene rings is 1. The molecule has 19 heavy (non-hydrogen) atoms. The van der Waals surface area contributed by atoms with Gasteiger partial charge < -0.3 is 5.32 Å². The first-order chi connectivity index (χ1) is 9.16. The lowest BCUT2D eigenvalue weighted by Crippen LogP contribution is -2.23. The molecule has 1 aromatic carbocycles. The van der Waals surface area contributed by atoms with Crippen molar-refractivity contribution in [3.05, 3.63) is 65.0 Å². The summed E-state index contributed by atoms with van der Waals surface area (Å²) in [4.78, 5) is 16.3. The highest BCUT2D eigenvalue weighted by molar-refractivity contribution is 5.99. The van der Waals surface area contributed by atoms with Crippen LogP contribution >= 0.6 is 0 Å².